The van der Waals surface area contributed by atoms with Crippen LogP contribution in [0.25, 0.3) is 0 Å². The average molecular weight is 389 g/mol. The minimum absolute atomic E-state index is 0.173. The number of rotatable bonds is 3. The second kappa shape index (κ2) is 6.93. The van der Waals surface area contributed by atoms with Crippen LogP contribution in [0.5, 0.6) is 5.75 Å². The Morgan fingerprint density at radius 1 is 1.30 bits per heavy atom. The quantitative estimate of drug-likeness (QED) is 0.622. The molecular weight excluding hydrogens is 356 g/mol. The Bertz CT molecular complexity index is 767. The van der Waals surface area contributed by atoms with Crippen molar-refractivity contribution >= 4 is 8.32 Å². The minimum atomic E-state index is -1.82. The molecule has 0 saturated carbocycles. The van der Waals surface area contributed by atoms with E-state index in [2.05, 4.69) is 63.9 Å². The van der Waals surface area contributed by atoms with Crippen LogP contribution in [0.1, 0.15) is 51.7 Å². The number of benzene rings is 1. The van der Waals surface area contributed by atoms with Crippen LogP contribution in [0.2, 0.25) is 18.1 Å². The lowest BCUT2D eigenvalue weighted by Crippen LogP contribution is -2.43. The van der Waals surface area contributed by atoms with Crippen molar-refractivity contribution in [1.82, 2.24) is 0 Å². The summed E-state index contributed by atoms with van der Waals surface area (Å²) in [7, 11) is -1.82. The van der Waals surface area contributed by atoms with Crippen molar-refractivity contribution in [2.75, 3.05) is 6.61 Å². The molecule has 0 bridgehead atoms. The Kier molecular flexibility index (Phi) is 5.24. The van der Waals surface area contributed by atoms with Gasteiger partial charge in [-0.25, -0.2) is 0 Å². The number of hydrogen-bond acceptors (Lipinski definition) is 4. The predicted octanol–water partition coefficient (Wildman–Crippen LogP) is 4.23. The Hall–Kier alpha value is -1.32. The van der Waals surface area contributed by atoms with Crippen LogP contribution in [0.3, 0.4) is 0 Å². The zero-order chi connectivity index (χ0) is 20.0. The number of aliphatic hydroxyl groups is 1. The largest absolute Gasteiger partial charge is 0.543 e. The van der Waals surface area contributed by atoms with Crippen molar-refractivity contribution in [3.63, 3.8) is 0 Å². The van der Waals surface area contributed by atoms with Gasteiger partial charge in [0.1, 0.15) is 18.0 Å². The van der Waals surface area contributed by atoms with Gasteiger partial charge in [-0.3, -0.25) is 0 Å². The Labute approximate surface area is 164 Å². The summed E-state index contributed by atoms with van der Waals surface area (Å²) < 4.78 is 17.5. The first kappa shape index (κ1) is 20.4. The van der Waals surface area contributed by atoms with E-state index in [4.69, 9.17) is 13.9 Å². The van der Waals surface area contributed by atoms with Gasteiger partial charge >= 0.3 is 0 Å². The fraction of sp³-hybridized carbons (Fsp3) is 0.636. The van der Waals surface area contributed by atoms with E-state index in [1.807, 2.05) is 13.8 Å². The molecule has 0 radical (unpaired) electrons. The van der Waals surface area contributed by atoms with Gasteiger partial charge in [0.25, 0.3) is 0 Å². The summed E-state index contributed by atoms with van der Waals surface area (Å²) in [6.07, 6.45) is -0.304. The topological polar surface area (TPSA) is 47.9 Å². The van der Waals surface area contributed by atoms with Crippen LogP contribution in [-0.2, 0) is 15.9 Å². The van der Waals surface area contributed by atoms with Crippen LogP contribution in [0.4, 0.5) is 0 Å². The van der Waals surface area contributed by atoms with Gasteiger partial charge in [-0.1, -0.05) is 38.7 Å². The molecule has 1 aliphatic heterocycles. The Balaban J connectivity index is 1.63. The molecule has 0 spiro atoms. The van der Waals surface area contributed by atoms with Gasteiger partial charge in [-0.05, 0) is 61.7 Å². The molecule has 1 aliphatic carbocycles. The molecule has 3 rings (SSSR count). The van der Waals surface area contributed by atoms with Gasteiger partial charge in [-0.2, -0.15) is 0 Å². The molecule has 4 nitrogen and oxygen atoms in total. The first-order chi connectivity index (χ1) is 12.4. The monoisotopic (exact) mass is 388 g/mol. The summed E-state index contributed by atoms with van der Waals surface area (Å²) in [6, 6.07) is 6.33. The fourth-order valence-corrected chi connectivity index (χ4v) is 4.11. The Morgan fingerprint density at radius 2 is 2.00 bits per heavy atom. The molecule has 1 aromatic rings. The second-order valence-electron chi connectivity index (χ2n) is 9.58. The van der Waals surface area contributed by atoms with E-state index in [-0.39, 0.29) is 17.1 Å². The van der Waals surface area contributed by atoms with Crippen LogP contribution >= 0.6 is 0 Å². The lowest BCUT2D eigenvalue weighted by atomic mass is 9.78. The standard InChI is InChI=1S/C22H32O4Si/c1-21(2,3)27(6,7)26-17-9-10-18-15(12-16(18)13-17)8-11-19(23)20-14-24-22(4,5)25-20/h9-10,13,15,19-20,23H,12,14H2,1-7H3/t15?,19?,20-/m1/s1. The minimum Gasteiger partial charge on any atom is -0.543 e. The third-order valence-electron chi connectivity index (χ3n) is 5.88. The van der Waals surface area contributed by atoms with Gasteiger partial charge in [-0.15, -0.1) is 0 Å². The first-order valence-corrected chi connectivity index (χ1v) is 12.6. The smallest absolute Gasteiger partial charge is 0.250 e. The highest BCUT2D eigenvalue weighted by Crippen LogP contribution is 2.41. The zero-order valence-electron chi connectivity index (χ0n) is 17.6. The van der Waals surface area contributed by atoms with E-state index in [9.17, 15) is 5.11 Å². The molecule has 2 aliphatic rings. The van der Waals surface area contributed by atoms with Crippen molar-refractivity contribution in [2.24, 2.45) is 0 Å². The Morgan fingerprint density at radius 3 is 2.56 bits per heavy atom. The summed E-state index contributed by atoms with van der Waals surface area (Å²) in [6.45, 7) is 15.3. The van der Waals surface area contributed by atoms with E-state index in [1.165, 1.54) is 11.1 Å². The predicted molar refractivity (Wildman–Crippen MR) is 109 cm³/mol. The zero-order valence-corrected chi connectivity index (χ0v) is 18.6. The molecule has 148 valence electrons. The lowest BCUT2D eigenvalue weighted by molar-refractivity contribution is -0.146. The molecule has 1 aromatic carbocycles. The van der Waals surface area contributed by atoms with Crippen LogP contribution in [-0.4, -0.2) is 38.0 Å². The molecule has 0 amide bonds. The van der Waals surface area contributed by atoms with E-state index >= 15 is 0 Å². The van der Waals surface area contributed by atoms with E-state index in [0.29, 0.717) is 6.61 Å². The number of ether oxygens (including phenoxy) is 2. The highest BCUT2D eigenvalue weighted by molar-refractivity contribution is 6.74. The molecule has 1 heterocycles. The molecule has 2 unspecified atom stereocenters. The van der Waals surface area contributed by atoms with Gasteiger partial charge in [0, 0.05) is 5.92 Å². The van der Waals surface area contributed by atoms with Gasteiger partial charge in [0.05, 0.1) is 6.61 Å². The van der Waals surface area contributed by atoms with Crippen LogP contribution in [0.15, 0.2) is 18.2 Å². The van der Waals surface area contributed by atoms with Crippen LogP contribution in [0, 0.1) is 11.8 Å². The average Bonchev–Trinajstić information content (AvgIpc) is 2.87. The summed E-state index contributed by atoms with van der Waals surface area (Å²) in [5, 5.41) is 10.4. The molecule has 1 saturated heterocycles. The molecule has 1 N–H and O–H groups in total. The van der Waals surface area contributed by atoms with Crippen molar-refractivity contribution in [1.29, 1.82) is 0 Å². The molecule has 27 heavy (non-hydrogen) atoms. The van der Waals surface area contributed by atoms with E-state index in [0.717, 1.165) is 12.2 Å². The van der Waals surface area contributed by atoms with Crippen molar-refractivity contribution in [3.05, 3.63) is 29.3 Å². The van der Waals surface area contributed by atoms with E-state index in [1.54, 1.807) is 0 Å². The number of aliphatic hydroxyl groups excluding tert-OH is 1. The van der Waals surface area contributed by atoms with E-state index < -0.39 is 20.2 Å². The van der Waals surface area contributed by atoms with Crippen LogP contribution < -0.4 is 4.43 Å². The highest BCUT2D eigenvalue weighted by Gasteiger charge is 2.39. The van der Waals surface area contributed by atoms with Crippen molar-refractivity contribution < 1.29 is 19.0 Å². The summed E-state index contributed by atoms with van der Waals surface area (Å²) in [5.74, 6) is 6.65. The maximum absolute atomic E-state index is 10.3. The molecule has 1 fully saturated rings. The molecule has 5 heteroatoms. The lowest BCUT2D eigenvalue weighted by Gasteiger charge is -2.37. The summed E-state index contributed by atoms with van der Waals surface area (Å²) >= 11 is 0. The highest BCUT2D eigenvalue weighted by atomic mass is 28.4. The number of fused-ring (bicyclic) bond motifs is 1. The summed E-state index contributed by atoms with van der Waals surface area (Å²) in [5.41, 5.74) is 2.53. The maximum Gasteiger partial charge on any atom is 0.250 e. The van der Waals surface area contributed by atoms with Crippen molar-refractivity contribution in [3.8, 4) is 17.6 Å². The molecule has 3 atom stereocenters. The van der Waals surface area contributed by atoms with Gasteiger partial charge in [0.15, 0.2) is 5.79 Å². The third kappa shape index (κ3) is 4.40. The molecule has 0 aromatic heterocycles. The summed E-state index contributed by atoms with van der Waals surface area (Å²) in [4.78, 5) is 0. The third-order valence-corrected chi connectivity index (χ3v) is 10.2. The van der Waals surface area contributed by atoms with Gasteiger partial charge < -0.3 is 19.0 Å². The SMILES string of the molecule is CC1(C)OC[C@H](C(O)C#CC2Cc3cc(O[Si](C)(C)C(C)(C)C)ccc32)O1. The second-order valence-corrected chi connectivity index (χ2v) is 14.3. The normalized spacial score (nSPS) is 25.0. The molecular formula is C22H32O4Si. The maximum atomic E-state index is 10.3. The van der Waals surface area contributed by atoms with Crippen molar-refractivity contribution in [2.45, 2.75) is 83.1 Å². The fourth-order valence-electron chi connectivity index (χ4n) is 3.09. The number of hydrogen-bond donors (Lipinski definition) is 1. The first-order valence-electron chi connectivity index (χ1n) is 9.71. The van der Waals surface area contributed by atoms with Gasteiger partial charge in [0.2, 0.25) is 8.32 Å².